The van der Waals surface area contributed by atoms with E-state index in [2.05, 4.69) is 20.6 Å². The van der Waals surface area contributed by atoms with Crippen molar-refractivity contribution in [2.75, 3.05) is 39.8 Å². The standard InChI is InChI=1S/C52H66F3N7O5S/c1-31-22-38-37-14-10-11-15-41(37)58-45(38)46(62(31)29-52(6,7)55)44-39(53)24-36(25-40(44)54)67-21-13-9-12-20-60(8)28-43(64)59-48(51(3,4)5)50(66)61-27-35(63)23-42(61)49(65)56-26-33-16-18-34(19-17-33)47-32(2)57-30-68-47/h10-11,14-19,24-25,30-31,35,42,46,48,58,63H,9,12-13,20-23,26-29H2,1-8H3,(H,56,65)(H,59,64)/t31-,35-,42+,46?,48-/m1/s1. The zero-order chi connectivity index (χ0) is 49.1. The van der Waals surface area contributed by atoms with Gasteiger partial charge < -0.3 is 30.4 Å². The summed E-state index contributed by atoms with van der Waals surface area (Å²) < 4.78 is 53.3. The largest absolute Gasteiger partial charge is 0.493 e. The molecule has 3 aromatic carbocycles. The SMILES string of the molecule is Cc1ncsc1-c1ccc(CNC(=O)[C@@H]2C[C@@H](O)CN2C(=O)[C@@H](NC(=O)CN(C)CCCCCOc2cc(F)c(C3c4[nH]c5ccccc5c4C[C@@H](C)N3CC(C)(C)F)c(F)c2)C(C)(C)C)cc1. The first-order valence-corrected chi connectivity index (χ1v) is 24.5. The van der Waals surface area contributed by atoms with Crippen molar-refractivity contribution >= 4 is 40.0 Å². The number of β-amino-alcohol motifs (C(OH)–C–C–N with tert-alkyl or cyclic N) is 1. The number of hydrogen-bond donors (Lipinski definition) is 4. The Labute approximate surface area is 401 Å². The number of hydrogen-bond acceptors (Lipinski definition) is 9. The summed E-state index contributed by atoms with van der Waals surface area (Å²) in [5.74, 6) is -2.62. The Kier molecular flexibility index (Phi) is 15.7. The number of fused-ring (bicyclic) bond motifs is 3. The van der Waals surface area contributed by atoms with Gasteiger partial charge in [0.15, 0.2) is 0 Å². The van der Waals surface area contributed by atoms with Gasteiger partial charge in [0.25, 0.3) is 0 Å². The Morgan fingerprint density at radius 1 is 1.03 bits per heavy atom. The number of aryl methyl sites for hydroxylation is 1. The second-order valence-electron chi connectivity index (χ2n) is 20.3. The minimum atomic E-state index is -1.60. The maximum atomic E-state index is 16.1. The van der Waals surface area contributed by atoms with Crippen LogP contribution < -0.4 is 15.4 Å². The number of nitrogens with zero attached hydrogens (tertiary/aromatic N) is 4. The lowest BCUT2D eigenvalue weighted by atomic mass is 9.85. The van der Waals surface area contributed by atoms with Crippen LogP contribution in [0.25, 0.3) is 21.3 Å². The Hall–Kier alpha value is -5.29. The highest BCUT2D eigenvalue weighted by Gasteiger charge is 2.45. The Morgan fingerprint density at radius 2 is 1.74 bits per heavy atom. The van der Waals surface area contributed by atoms with Crippen molar-refractivity contribution in [1.82, 2.24) is 35.3 Å². The molecule has 0 bridgehead atoms. The summed E-state index contributed by atoms with van der Waals surface area (Å²) in [5, 5.41) is 17.5. The molecule has 3 amide bonds. The highest BCUT2D eigenvalue weighted by atomic mass is 32.1. The van der Waals surface area contributed by atoms with Crippen LogP contribution in [0.3, 0.4) is 0 Å². The van der Waals surface area contributed by atoms with Crippen LogP contribution in [0.15, 0.2) is 66.2 Å². The van der Waals surface area contributed by atoms with E-state index in [4.69, 9.17) is 4.74 Å². The number of aliphatic hydroxyl groups excluding tert-OH is 1. The predicted molar refractivity (Wildman–Crippen MR) is 260 cm³/mol. The number of nitrogens with one attached hydrogen (secondary N) is 3. The number of likely N-dealkylation sites (tertiary alicyclic amines) is 1. The average molecular weight is 958 g/mol. The van der Waals surface area contributed by atoms with Gasteiger partial charge in [0.05, 0.1) is 41.4 Å². The lowest BCUT2D eigenvalue weighted by Gasteiger charge is -2.43. The zero-order valence-electron chi connectivity index (χ0n) is 40.4. The van der Waals surface area contributed by atoms with Crippen LogP contribution in [-0.4, -0.2) is 117 Å². The number of ether oxygens (including phenoxy) is 1. The summed E-state index contributed by atoms with van der Waals surface area (Å²) in [6.45, 7) is 13.4. The van der Waals surface area contributed by atoms with Crippen LogP contribution >= 0.6 is 11.3 Å². The van der Waals surface area contributed by atoms with Crippen molar-refractivity contribution in [2.45, 2.75) is 123 Å². The maximum Gasteiger partial charge on any atom is 0.246 e. The van der Waals surface area contributed by atoms with Gasteiger partial charge in [-0.2, -0.15) is 0 Å². The van der Waals surface area contributed by atoms with E-state index in [1.54, 1.807) is 11.3 Å². The first-order chi connectivity index (χ1) is 32.2. The smallest absolute Gasteiger partial charge is 0.246 e. The van der Waals surface area contributed by atoms with Crippen LogP contribution in [0, 0.1) is 24.0 Å². The molecule has 12 nitrogen and oxygen atoms in total. The van der Waals surface area contributed by atoms with Crippen molar-refractivity contribution in [3.8, 4) is 16.2 Å². The third-order valence-corrected chi connectivity index (χ3v) is 14.0. The van der Waals surface area contributed by atoms with Gasteiger partial charge >= 0.3 is 0 Å². The molecule has 1 saturated heterocycles. The third-order valence-electron chi connectivity index (χ3n) is 13.0. The molecule has 7 rings (SSSR count). The summed E-state index contributed by atoms with van der Waals surface area (Å²) in [7, 11) is 1.81. The van der Waals surface area contributed by atoms with E-state index in [0.717, 1.165) is 38.2 Å². The molecule has 2 aromatic heterocycles. The Balaban J connectivity index is 0.880. The van der Waals surface area contributed by atoms with Gasteiger partial charge in [-0.15, -0.1) is 11.3 Å². The number of alkyl halides is 1. The quantitative estimate of drug-likeness (QED) is 0.0644. The minimum absolute atomic E-state index is 0.0127. The molecule has 68 heavy (non-hydrogen) atoms. The summed E-state index contributed by atoms with van der Waals surface area (Å²) in [6.07, 6.45) is 1.84. The zero-order valence-corrected chi connectivity index (χ0v) is 41.2. The summed E-state index contributed by atoms with van der Waals surface area (Å²) in [6, 6.07) is 15.1. The molecule has 1 unspecified atom stereocenters. The summed E-state index contributed by atoms with van der Waals surface area (Å²) in [4.78, 5) is 54.9. The van der Waals surface area contributed by atoms with E-state index < -0.39 is 52.9 Å². The summed E-state index contributed by atoms with van der Waals surface area (Å²) in [5.41, 5.74) is 4.75. The monoisotopic (exact) mass is 957 g/mol. The fraction of sp³-hybridized carbons (Fsp3) is 0.500. The number of aromatic nitrogens is 2. The molecule has 4 heterocycles. The number of likely N-dealkylation sites (N-methyl/N-ethyl adjacent to an activating group) is 1. The first-order valence-electron chi connectivity index (χ1n) is 23.6. The van der Waals surface area contributed by atoms with E-state index in [1.165, 1.54) is 30.9 Å². The van der Waals surface area contributed by atoms with E-state index in [1.807, 2.05) is 106 Å². The van der Waals surface area contributed by atoms with Crippen LogP contribution in [0.4, 0.5) is 13.2 Å². The molecule has 0 aliphatic carbocycles. The number of amides is 3. The number of halogens is 3. The van der Waals surface area contributed by atoms with E-state index >= 15 is 13.2 Å². The Morgan fingerprint density at radius 3 is 2.40 bits per heavy atom. The lowest BCUT2D eigenvalue weighted by molar-refractivity contribution is -0.144. The van der Waals surface area contributed by atoms with Crippen molar-refractivity contribution in [2.24, 2.45) is 5.41 Å². The van der Waals surface area contributed by atoms with Gasteiger partial charge in [0.1, 0.15) is 35.1 Å². The maximum absolute atomic E-state index is 16.1. The molecule has 2 aliphatic heterocycles. The van der Waals surface area contributed by atoms with Crippen molar-refractivity contribution < 1.29 is 37.4 Å². The van der Waals surface area contributed by atoms with Gasteiger partial charge in [-0.3, -0.25) is 24.2 Å². The summed E-state index contributed by atoms with van der Waals surface area (Å²) >= 11 is 1.57. The van der Waals surface area contributed by atoms with Gasteiger partial charge in [-0.1, -0.05) is 63.2 Å². The van der Waals surface area contributed by atoms with E-state index in [-0.39, 0.29) is 68.4 Å². The highest BCUT2D eigenvalue weighted by molar-refractivity contribution is 7.13. The number of rotatable bonds is 18. The van der Waals surface area contributed by atoms with E-state index in [0.29, 0.717) is 37.9 Å². The number of H-pyrrole nitrogens is 1. The van der Waals surface area contributed by atoms with Crippen LogP contribution in [0.5, 0.6) is 5.75 Å². The number of carbonyl (C=O) groups excluding carboxylic acids is 3. The lowest BCUT2D eigenvalue weighted by Crippen LogP contribution is -2.58. The number of aromatic amines is 1. The number of thiazole rings is 1. The second kappa shape index (κ2) is 21.1. The van der Waals surface area contributed by atoms with Crippen LogP contribution in [0.2, 0.25) is 0 Å². The predicted octanol–water partition coefficient (Wildman–Crippen LogP) is 8.25. The molecule has 1 fully saturated rings. The van der Waals surface area contributed by atoms with Gasteiger partial charge in [-0.05, 0) is 95.1 Å². The molecular formula is C52H66F3N7O5S. The molecule has 5 aromatic rings. The molecular weight excluding hydrogens is 892 g/mol. The highest BCUT2D eigenvalue weighted by Crippen LogP contribution is 2.44. The number of unbranched alkanes of at least 4 members (excludes halogenated alkanes) is 2. The van der Waals surface area contributed by atoms with Crippen molar-refractivity contribution in [1.29, 1.82) is 0 Å². The van der Waals surface area contributed by atoms with Crippen molar-refractivity contribution in [3.05, 3.63) is 106 Å². The second-order valence-corrected chi connectivity index (χ2v) is 21.2. The molecule has 5 atom stereocenters. The van der Waals surface area contributed by atoms with Crippen LogP contribution in [0.1, 0.15) is 101 Å². The number of para-hydroxylation sites is 1. The molecule has 0 saturated carbocycles. The Bertz CT molecular complexity index is 2550. The fourth-order valence-corrected chi connectivity index (χ4v) is 10.4. The molecule has 366 valence electrons. The molecule has 4 N–H and O–H groups in total. The number of aliphatic hydroxyl groups is 1. The topological polar surface area (TPSA) is 143 Å². The first kappa shape index (κ1) is 50.6. The van der Waals surface area contributed by atoms with Gasteiger partial charge in [0.2, 0.25) is 17.7 Å². The normalized spacial score (nSPS) is 19.3. The van der Waals surface area contributed by atoms with Crippen LogP contribution in [-0.2, 0) is 27.3 Å². The van der Waals surface area contributed by atoms with Crippen molar-refractivity contribution in [3.63, 3.8) is 0 Å². The molecule has 0 spiro atoms. The number of carbonyl (C=O) groups is 3. The van der Waals surface area contributed by atoms with E-state index in [9.17, 15) is 19.5 Å². The fourth-order valence-electron chi connectivity index (χ4n) is 9.57. The third kappa shape index (κ3) is 11.9. The van der Waals surface area contributed by atoms with Gasteiger partial charge in [-0.25, -0.2) is 18.2 Å². The molecule has 2 aliphatic rings. The van der Waals surface area contributed by atoms with Gasteiger partial charge in [0, 0.05) is 66.4 Å². The minimum Gasteiger partial charge on any atom is -0.493 e. The average Bonchev–Trinajstić information content (AvgIpc) is 3.99. The number of benzene rings is 3. The molecule has 16 heteroatoms. The molecule has 0 radical (unpaired) electrons.